The van der Waals surface area contributed by atoms with E-state index in [0.717, 1.165) is 23.2 Å². The first-order valence-electron chi connectivity index (χ1n) is 10.4. The van der Waals surface area contributed by atoms with Crippen molar-refractivity contribution < 1.29 is 19.5 Å². The van der Waals surface area contributed by atoms with Gasteiger partial charge in [-0.2, -0.15) is 0 Å². The van der Waals surface area contributed by atoms with Crippen molar-refractivity contribution in [3.05, 3.63) is 29.3 Å². The monoisotopic (exact) mass is 431 g/mol. The summed E-state index contributed by atoms with van der Waals surface area (Å²) in [5, 5.41) is 15.4. The Bertz CT molecular complexity index is 901. The van der Waals surface area contributed by atoms with E-state index in [1.54, 1.807) is 18.8 Å². The Morgan fingerprint density at radius 2 is 1.90 bits per heavy atom. The lowest BCUT2D eigenvalue weighted by atomic mass is 9.66. The predicted octanol–water partition coefficient (Wildman–Crippen LogP) is 1.46. The molecule has 3 amide bonds. The normalized spacial score (nSPS) is 34.2. The number of amides is 3. The molecule has 2 unspecified atom stereocenters. The first-order valence-corrected chi connectivity index (χ1v) is 11.2. The van der Waals surface area contributed by atoms with Crippen molar-refractivity contribution in [2.24, 2.45) is 11.8 Å². The van der Waals surface area contributed by atoms with Gasteiger partial charge in [-0.3, -0.25) is 14.4 Å². The number of anilines is 1. The van der Waals surface area contributed by atoms with Crippen LogP contribution in [0.3, 0.4) is 0 Å². The Balaban J connectivity index is 1.76. The quantitative estimate of drug-likeness (QED) is 0.656. The molecule has 1 aromatic rings. The number of thioether (sulfide) groups is 1. The van der Waals surface area contributed by atoms with Gasteiger partial charge in [0.05, 0.1) is 23.2 Å². The molecular weight excluding hydrogens is 402 g/mol. The van der Waals surface area contributed by atoms with Gasteiger partial charge in [0.2, 0.25) is 17.7 Å². The molecule has 8 heteroatoms. The SMILES string of the molecule is CNC(=O)[C@H]1[C@H]2C(=O)N(CCO)C(C(=O)Nc3c(C)cccc3C)C23CC[C@]1(C)S3. The number of benzene rings is 1. The highest BCUT2D eigenvalue weighted by Gasteiger charge is 2.76. The molecule has 1 spiro atoms. The van der Waals surface area contributed by atoms with Gasteiger partial charge in [-0.15, -0.1) is 11.8 Å². The molecule has 30 heavy (non-hydrogen) atoms. The number of para-hydroxylation sites is 1. The zero-order valence-corrected chi connectivity index (χ0v) is 18.6. The molecule has 0 saturated carbocycles. The maximum absolute atomic E-state index is 13.6. The van der Waals surface area contributed by atoms with Crippen LogP contribution in [0.1, 0.15) is 30.9 Å². The molecule has 4 rings (SSSR count). The summed E-state index contributed by atoms with van der Waals surface area (Å²) in [5.74, 6) is -1.62. The lowest BCUT2D eigenvalue weighted by Crippen LogP contribution is -2.52. The summed E-state index contributed by atoms with van der Waals surface area (Å²) in [6.45, 7) is 5.77. The highest BCUT2D eigenvalue weighted by atomic mass is 32.2. The van der Waals surface area contributed by atoms with Crippen LogP contribution in [0, 0.1) is 25.7 Å². The van der Waals surface area contributed by atoms with E-state index in [4.69, 9.17) is 0 Å². The highest BCUT2D eigenvalue weighted by Crippen LogP contribution is 2.71. The largest absolute Gasteiger partial charge is 0.395 e. The van der Waals surface area contributed by atoms with Crippen LogP contribution in [0.15, 0.2) is 18.2 Å². The van der Waals surface area contributed by atoms with Crippen molar-refractivity contribution in [3.8, 4) is 0 Å². The molecular formula is C22H29N3O4S. The van der Waals surface area contributed by atoms with Gasteiger partial charge in [-0.1, -0.05) is 18.2 Å². The van der Waals surface area contributed by atoms with Crippen molar-refractivity contribution in [1.82, 2.24) is 10.2 Å². The number of aryl methyl sites for hydroxylation is 2. The van der Waals surface area contributed by atoms with Crippen LogP contribution in [0.5, 0.6) is 0 Å². The van der Waals surface area contributed by atoms with Crippen LogP contribution >= 0.6 is 11.8 Å². The van der Waals surface area contributed by atoms with Crippen molar-refractivity contribution in [3.63, 3.8) is 0 Å². The van der Waals surface area contributed by atoms with Crippen molar-refractivity contribution in [2.45, 2.75) is 49.1 Å². The van der Waals surface area contributed by atoms with Gasteiger partial charge in [0, 0.05) is 24.0 Å². The Morgan fingerprint density at radius 3 is 2.50 bits per heavy atom. The Labute approximate surface area is 181 Å². The van der Waals surface area contributed by atoms with E-state index in [0.29, 0.717) is 6.42 Å². The summed E-state index contributed by atoms with van der Waals surface area (Å²) < 4.78 is -1.03. The van der Waals surface area contributed by atoms with Gasteiger partial charge in [-0.05, 0) is 44.7 Å². The number of aliphatic hydroxyl groups excluding tert-OH is 1. The van der Waals surface area contributed by atoms with E-state index in [-0.39, 0.29) is 35.6 Å². The fourth-order valence-corrected chi connectivity index (χ4v) is 8.19. The van der Waals surface area contributed by atoms with Gasteiger partial charge in [0.1, 0.15) is 6.04 Å². The topological polar surface area (TPSA) is 98.7 Å². The van der Waals surface area contributed by atoms with E-state index >= 15 is 0 Å². The second-order valence-electron chi connectivity index (χ2n) is 8.85. The highest BCUT2D eigenvalue weighted by molar-refractivity contribution is 8.02. The van der Waals surface area contributed by atoms with Crippen LogP contribution in [0.4, 0.5) is 5.69 Å². The number of carbonyl (C=O) groups excluding carboxylic acids is 3. The molecule has 3 aliphatic heterocycles. The number of β-amino-alcohol motifs (C(OH)–C–C–N with tert-alkyl or cyclic N) is 1. The molecule has 3 aliphatic rings. The summed E-state index contributed by atoms with van der Waals surface area (Å²) in [5.41, 5.74) is 2.66. The molecule has 0 aliphatic carbocycles. The van der Waals surface area contributed by atoms with Crippen molar-refractivity contribution in [2.75, 3.05) is 25.5 Å². The third-order valence-corrected chi connectivity index (χ3v) is 9.11. The van der Waals surface area contributed by atoms with Crippen LogP contribution in [-0.2, 0) is 14.4 Å². The van der Waals surface area contributed by atoms with Crippen LogP contribution < -0.4 is 10.6 Å². The number of aliphatic hydroxyl groups is 1. The number of hydrogen-bond donors (Lipinski definition) is 3. The number of likely N-dealkylation sites (tertiary alicyclic amines) is 1. The average molecular weight is 432 g/mol. The second kappa shape index (κ2) is 7.27. The Kier molecular flexibility index (Phi) is 5.13. The zero-order valence-electron chi connectivity index (χ0n) is 17.8. The summed E-state index contributed by atoms with van der Waals surface area (Å²) in [6.07, 6.45) is 1.48. The molecule has 1 aromatic carbocycles. The lowest BCUT2D eigenvalue weighted by Gasteiger charge is -2.34. The minimum Gasteiger partial charge on any atom is -0.395 e. The van der Waals surface area contributed by atoms with Gasteiger partial charge < -0.3 is 20.6 Å². The molecule has 5 atom stereocenters. The molecule has 7 nitrogen and oxygen atoms in total. The first kappa shape index (κ1) is 21.2. The van der Waals surface area contributed by atoms with Crippen LogP contribution in [0.2, 0.25) is 0 Å². The van der Waals surface area contributed by atoms with Crippen LogP contribution in [-0.4, -0.2) is 63.5 Å². The number of fused-ring (bicyclic) bond motifs is 1. The number of hydrogen-bond acceptors (Lipinski definition) is 5. The van der Waals surface area contributed by atoms with Crippen molar-refractivity contribution in [1.29, 1.82) is 0 Å². The maximum Gasteiger partial charge on any atom is 0.248 e. The van der Waals surface area contributed by atoms with E-state index in [1.165, 1.54) is 4.90 Å². The van der Waals surface area contributed by atoms with Gasteiger partial charge in [0.25, 0.3) is 0 Å². The minimum atomic E-state index is -0.720. The maximum atomic E-state index is 13.6. The molecule has 3 saturated heterocycles. The second-order valence-corrected chi connectivity index (χ2v) is 10.7. The molecule has 2 bridgehead atoms. The number of carbonyl (C=O) groups is 3. The Hall–Kier alpha value is -2.06. The van der Waals surface area contributed by atoms with E-state index in [9.17, 15) is 19.5 Å². The summed E-state index contributed by atoms with van der Waals surface area (Å²) in [4.78, 5) is 41.4. The predicted molar refractivity (Wildman–Crippen MR) is 116 cm³/mol. The number of nitrogens with one attached hydrogen (secondary N) is 2. The fraction of sp³-hybridized carbons (Fsp3) is 0.591. The van der Waals surface area contributed by atoms with E-state index in [2.05, 4.69) is 10.6 Å². The van der Waals surface area contributed by atoms with Crippen molar-refractivity contribution >= 4 is 35.2 Å². The molecule has 3 heterocycles. The lowest BCUT2D eigenvalue weighted by molar-refractivity contribution is -0.140. The van der Waals surface area contributed by atoms with E-state index in [1.807, 2.05) is 39.0 Å². The molecule has 162 valence electrons. The third-order valence-electron chi connectivity index (χ3n) is 7.12. The summed E-state index contributed by atoms with van der Waals surface area (Å²) >= 11 is 1.63. The van der Waals surface area contributed by atoms with Gasteiger partial charge >= 0.3 is 0 Å². The third kappa shape index (κ3) is 2.80. The van der Waals surface area contributed by atoms with E-state index < -0.39 is 22.6 Å². The van der Waals surface area contributed by atoms with Gasteiger partial charge in [0.15, 0.2) is 0 Å². The molecule has 0 radical (unpaired) electrons. The van der Waals surface area contributed by atoms with Crippen LogP contribution in [0.25, 0.3) is 0 Å². The number of rotatable bonds is 5. The molecule has 0 aromatic heterocycles. The standard InChI is InChI=1S/C22H29N3O4S/c1-12-6-5-7-13(2)16(12)24-19(28)17-22-9-8-21(3,30-22)14(18(27)23-4)15(22)20(29)25(17)10-11-26/h5-7,14-15,17,26H,8-11H2,1-4H3,(H,23,27)(H,24,28)/t14-,15+,17?,21+,22?/m1/s1. The summed E-state index contributed by atoms with van der Waals surface area (Å²) in [6, 6.07) is 5.10. The average Bonchev–Trinajstić information content (AvgIpc) is 3.26. The first-order chi connectivity index (χ1) is 14.2. The Morgan fingerprint density at radius 1 is 1.23 bits per heavy atom. The molecule has 3 N–H and O–H groups in total. The smallest absolute Gasteiger partial charge is 0.248 e. The fourth-order valence-electron chi connectivity index (χ4n) is 5.83. The molecule has 3 fully saturated rings. The zero-order chi connectivity index (χ0) is 21.8. The summed E-state index contributed by atoms with van der Waals surface area (Å²) in [7, 11) is 1.59. The minimum absolute atomic E-state index is 0.0830. The number of nitrogens with zero attached hydrogens (tertiary/aromatic N) is 1. The van der Waals surface area contributed by atoms with Gasteiger partial charge in [-0.25, -0.2) is 0 Å².